The van der Waals surface area contributed by atoms with E-state index in [2.05, 4.69) is 15.3 Å². The molecule has 1 saturated heterocycles. The van der Waals surface area contributed by atoms with E-state index in [-0.39, 0.29) is 17.5 Å². The average Bonchev–Trinajstić information content (AvgIpc) is 3.04. The van der Waals surface area contributed by atoms with Crippen LogP contribution < -0.4 is 5.32 Å². The van der Waals surface area contributed by atoms with Crippen molar-refractivity contribution in [1.82, 2.24) is 9.97 Å². The molecule has 1 unspecified atom stereocenters. The van der Waals surface area contributed by atoms with Gasteiger partial charge >= 0.3 is 0 Å². The Balaban J connectivity index is 1.76. The minimum absolute atomic E-state index is 0.0620. The van der Waals surface area contributed by atoms with Gasteiger partial charge in [0.1, 0.15) is 16.8 Å². The van der Waals surface area contributed by atoms with E-state index in [4.69, 9.17) is 11.6 Å². The number of rotatable bonds is 3. The molecule has 1 aromatic rings. The second-order valence-corrected chi connectivity index (χ2v) is 7.57. The maximum Gasteiger partial charge on any atom is 0.152 e. The summed E-state index contributed by atoms with van der Waals surface area (Å²) in [4.78, 5) is 8.60. The van der Waals surface area contributed by atoms with Gasteiger partial charge in [0.05, 0.1) is 11.5 Å². The molecule has 5 nitrogen and oxygen atoms in total. The van der Waals surface area contributed by atoms with E-state index in [0.29, 0.717) is 23.3 Å². The molecule has 1 saturated carbocycles. The third-order valence-corrected chi connectivity index (χ3v) is 5.20. The van der Waals surface area contributed by atoms with Crippen molar-refractivity contribution in [3.63, 3.8) is 0 Å². The number of sulfone groups is 1. The zero-order chi connectivity index (χ0) is 12.8. The smallest absolute Gasteiger partial charge is 0.152 e. The lowest BCUT2D eigenvalue weighted by Gasteiger charge is -2.12. The van der Waals surface area contributed by atoms with Crippen molar-refractivity contribution in [2.75, 3.05) is 16.8 Å². The summed E-state index contributed by atoms with van der Waals surface area (Å²) in [5, 5.41) is 3.56. The molecule has 2 fully saturated rings. The molecule has 0 spiro atoms. The maximum absolute atomic E-state index is 11.4. The van der Waals surface area contributed by atoms with Crippen LogP contribution >= 0.6 is 11.6 Å². The summed E-state index contributed by atoms with van der Waals surface area (Å²) < 4.78 is 22.8. The predicted octanol–water partition coefficient (Wildman–Crippen LogP) is 1.61. The Morgan fingerprint density at radius 3 is 2.67 bits per heavy atom. The molecule has 1 atom stereocenters. The van der Waals surface area contributed by atoms with Crippen molar-refractivity contribution >= 4 is 27.3 Å². The van der Waals surface area contributed by atoms with Gasteiger partial charge in [0.15, 0.2) is 9.84 Å². The Bertz CT molecular complexity index is 572. The minimum Gasteiger partial charge on any atom is -0.366 e. The zero-order valence-electron chi connectivity index (χ0n) is 9.76. The number of nitrogens with one attached hydrogen (secondary N) is 1. The fourth-order valence-corrected chi connectivity index (χ4v) is 4.01. The first-order valence-corrected chi connectivity index (χ1v) is 8.23. The molecule has 1 aromatic heterocycles. The van der Waals surface area contributed by atoms with E-state index >= 15 is 0 Å². The van der Waals surface area contributed by atoms with Crippen molar-refractivity contribution < 1.29 is 8.42 Å². The standard InChI is InChI=1S/C11H14ClN3O2S/c12-9-5-10(15-11(14-9)7-1-2-7)13-8-3-4-18(16,17)6-8/h5,7-8H,1-4,6H2,(H,13,14,15). The van der Waals surface area contributed by atoms with Gasteiger partial charge in [-0.2, -0.15) is 0 Å². The largest absolute Gasteiger partial charge is 0.366 e. The van der Waals surface area contributed by atoms with E-state index in [1.54, 1.807) is 6.07 Å². The van der Waals surface area contributed by atoms with Crippen LogP contribution in [-0.4, -0.2) is 35.9 Å². The highest BCUT2D eigenvalue weighted by molar-refractivity contribution is 7.91. The SMILES string of the molecule is O=S1(=O)CCC(Nc2cc(Cl)nc(C3CC3)n2)C1. The molecule has 3 rings (SSSR count). The minimum atomic E-state index is -2.88. The van der Waals surface area contributed by atoms with Gasteiger partial charge in [0.25, 0.3) is 0 Å². The Morgan fingerprint density at radius 2 is 2.06 bits per heavy atom. The molecule has 2 heterocycles. The van der Waals surface area contributed by atoms with Gasteiger partial charge < -0.3 is 5.32 Å². The van der Waals surface area contributed by atoms with Crippen LogP contribution in [0.25, 0.3) is 0 Å². The summed E-state index contributed by atoms with van der Waals surface area (Å²) in [6, 6.07) is 1.59. The summed E-state index contributed by atoms with van der Waals surface area (Å²) in [6.45, 7) is 0. The number of hydrogen-bond donors (Lipinski definition) is 1. The number of aromatic nitrogens is 2. The zero-order valence-corrected chi connectivity index (χ0v) is 11.3. The molecule has 18 heavy (non-hydrogen) atoms. The first-order valence-electron chi connectivity index (χ1n) is 6.03. The molecule has 1 aliphatic heterocycles. The van der Waals surface area contributed by atoms with Gasteiger partial charge in [-0.05, 0) is 19.3 Å². The highest BCUT2D eigenvalue weighted by Gasteiger charge is 2.30. The van der Waals surface area contributed by atoms with E-state index in [1.165, 1.54) is 0 Å². The molecule has 7 heteroatoms. The molecule has 2 aliphatic rings. The Labute approximate surface area is 111 Å². The van der Waals surface area contributed by atoms with Gasteiger partial charge in [-0.25, -0.2) is 18.4 Å². The summed E-state index contributed by atoms with van der Waals surface area (Å²) in [7, 11) is -2.88. The van der Waals surface area contributed by atoms with Crippen molar-refractivity contribution in [2.45, 2.75) is 31.2 Å². The summed E-state index contributed by atoms with van der Waals surface area (Å²) in [5.41, 5.74) is 0. The van der Waals surface area contributed by atoms with Crippen LogP contribution in [0.5, 0.6) is 0 Å². The summed E-state index contributed by atoms with van der Waals surface area (Å²) in [5.74, 6) is 2.26. The maximum atomic E-state index is 11.4. The first kappa shape index (κ1) is 12.2. The Kier molecular flexibility index (Phi) is 2.94. The topological polar surface area (TPSA) is 72.0 Å². The number of anilines is 1. The number of nitrogens with zero attached hydrogens (tertiary/aromatic N) is 2. The molecular formula is C11H14ClN3O2S. The monoisotopic (exact) mass is 287 g/mol. The first-order chi connectivity index (χ1) is 8.52. The average molecular weight is 288 g/mol. The van der Waals surface area contributed by atoms with E-state index in [0.717, 1.165) is 18.7 Å². The van der Waals surface area contributed by atoms with Crippen LogP contribution in [0.2, 0.25) is 5.15 Å². The van der Waals surface area contributed by atoms with Crippen molar-refractivity contribution in [3.8, 4) is 0 Å². The van der Waals surface area contributed by atoms with Gasteiger partial charge in [-0.1, -0.05) is 11.6 Å². The predicted molar refractivity (Wildman–Crippen MR) is 69.7 cm³/mol. The third-order valence-electron chi connectivity index (χ3n) is 3.24. The highest BCUT2D eigenvalue weighted by atomic mass is 35.5. The summed E-state index contributed by atoms with van der Waals surface area (Å²) >= 11 is 5.95. The molecule has 0 radical (unpaired) electrons. The Hall–Kier alpha value is -0.880. The van der Waals surface area contributed by atoms with Crippen LogP contribution in [-0.2, 0) is 9.84 Å². The molecule has 98 valence electrons. The number of halogens is 1. The van der Waals surface area contributed by atoms with E-state index < -0.39 is 9.84 Å². The molecule has 1 N–H and O–H groups in total. The lowest BCUT2D eigenvalue weighted by molar-refractivity contribution is 0.602. The second kappa shape index (κ2) is 4.35. The van der Waals surface area contributed by atoms with Gasteiger partial charge in [-0.3, -0.25) is 0 Å². The van der Waals surface area contributed by atoms with Crippen LogP contribution in [0.15, 0.2) is 6.07 Å². The molecule has 0 amide bonds. The summed E-state index contributed by atoms with van der Waals surface area (Å²) in [6.07, 6.45) is 2.85. The van der Waals surface area contributed by atoms with Crippen molar-refractivity contribution in [3.05, 3.63) is 17.0 Å². The molecule has 0 aromatic carbocycles. The van der Waals surface area contributed by atoms with Crippen molar-refractivity contribution in [1.29, 1.82) is 0 Å². The molecular weight excluding hydrogens is 274 g/mol. The van der Waals surface area contributed by atoms with Crippen LogP contribution in [0.3, 0.4) is 0 Å². The van der Waals surface area contributed by atoms with Crippen molar-refractivity contribution in [2.24, 2.45) is 0 Å². The third kappa shape index (κ3) is 2.75. The fourth-order valence-electron chi connectivity index (χ4n) is 2.15. The van der Waals surface area contributed by atoms with Crippen LogP contribution in [0, 0.1) is 0 Å². The van der Waals surface area contributed by atoms with Crippen LogP contribution in [0.4, 0.5) is 5.82 Å². The van der Waals surface area contributed by atoms with Crippen LogP contribution in [0.1, 0.15) is 31.0 Å². The lowest BCUT2D eigenvalue weighted by Crippen LogP contribution is -2.21. The molecule has 1 aliphatic carbocycles. The number of hydrogen-bond acceptors (Lipinski definition) is 5. The Morgan fingerprint density at radius 1 is 1.28 bits per heavy atom. The van der Waals surface area contributed by atoms with Gasteiger partial charge in [-0.15, -0.1) is 0 Å². The second-order valence-electron chi connectivity index (χ2n) is 4.95. The van der Waals surface area contributed by atoms with E-state index in [9.17, 15) is 8.42 Å². The normalized spacial score (nSPS) is 26.2. The molecule has 0 bridgehead atoms. The highest BCUT2D eigenvalue weighted by Crippen LogP contribution is 2.38. The van der Waals surface area contributed by atoms with E-state index in [1.807, 2.05) is 0 Å². The van der Waals surface area contributed by atoms with Gasteiger partial charge in [0.2, 0.25) is 0 Å². The lowest BCUT2D eigenvalue weighted by atomic mass is 10.2. The fraction of sp³-hybridized carbons (Fsp3) is 0.636. The van der Waals surface area contributed by atoms with Gasteiger partial charge in [0, 0.05) is 18.0 Å². The quantitative estimate of drug-likeness (QED) is 0.855.